The molecule has 2 fully saturated rings. The molecule has 2 aliphatic heterocycles. The minimum atomic E-state index is -0.0224. The Morgan fingerprint density at radius 3 is 2.66 bits per heavy atom. The number of amides is 1. The first-order chi connectivity index (χ1) is 18.5. The quantitative estimate of drug-likeness (QED) is 0.356. The summed E-state index contributed by atoms with van der Waals surface area (Å²) >= 11 is 0. The van der Waals surface area contributed by atoms with Gasteiger partial charge in [0, 0.05) is 44.0 Å². The molecule has 0 radical (unpaired) electrons. The maximum atomic E-state index is 12.1. The molecule has 6 rings (SSSR count). The number of fused-ring (bicyclic) bond motifs is 2. The lowest BCUT2D eigenvalue weighted by atomic mass is 9.92. The van der Waals surface area contributed by atoms with Gasteiger partial charge >= 0.3 is 0 Å². The normalized spacial score (nSPS) is 18.1. The summed E-state index contributed by atoms with van der Waals surface area (Å²) in [5.74, 6) is 3.15. The summed E-state index contributed by atoms with van der Waals surface area (Å²) in [7, 11) is 1.89. The molecule has 192 valence electrons. The fourth-order valence-electron chi connectivity index (χ4n) is 5.05. The number of aryl methyl sites for hydroxylation is 1. The smallest absolute Gasteiger partial charge is 0.246 e. The van der Waals surface area contributed by atoms with Gasteiger partial charge in [-0.15, -0.1) is 0 Å². The molecule has 2 aromatic heterocycles. The fraction of sp³-hybridized carbons (Fsp3) is 0.250. The van der Waals surface area contributed by atoms with E-state index in [9.17, 15) is 4.79 Å². The van der Waals surface area contributed by atoms with Crippen molar-refractivity contribution in [2.45, 2.75) is 13.0 Å². The highest BCUT2D eigenvalue weighted by molar-refractivity contribution is 5.88. The molecule has 2 aromatic carbocycles. The number of carbonyl (C=O) groups excluding carboxylic acids is 1. The van der Waals surface area contributed by atoms with E-state index in [0.29, 0.717) is 35.3 Å². The van der Waals surface area contributed by atoms with Gasteiger partial charge in [0.2, 0.25) is 11.9 Å². The summed E-state index contributed by atoms with van der Waals surface area (Å²) < 4.78 is 6.07. The zero-order valence-corrected chi connectivity index (χ0v) is 21.3. The van der Waals surface area contributed by atoms with Crippen LogP contribution < -0.4 is 20.3 Å². The summed E-state index contributed by atoms with van der Waals surface area (Å²) in [5.41, 5.74) is 4.15. The van der Waals surface area contributed by atoms with Crippen LogP contribution in [0.1, 0.15) is 5.56 Å². The standard InChI is InChI=1S/C28H28N8O2/c1-4-25(37)36-14-18-13-35(15-23(18)36)28-30-12-22-26(34-28)27(32-16-31-22)33-20-7-10-24(17(2)11-20)38-21-8-5-19(29-3)6-9-21/h4-12,16,18,23,29H,1,13-15H2,2-3H3,(H,31,32,33). The molecule has 0 aliphatic carbocycles. The predicted molar refractivity (Wildman–Crippen MR) is 147 cm³/mol. The highest BCUT2D eigenvalue weighted by Crippen LogP contribution is 2.35. The van der Waals surface area contributed by atoms with Crippen molar-refractivity contribution in [3.8, 4) is 11.5 Å². The average Bonchev–Trinajstić information content (AvgIpc) is 3.26. The molecule has 4 aromatic rings. The first kappa shape index (κ1) is 23.7. The molecule has 0 saturated carbocycles. The van der Waals surface area contributed by atoms with Gasteiger partial charge in [0.1, 0.15) is 28.9 Å². The Morgan fingerprint density at radius 2 is 1.89 bits per heavy atom. The number of carbonyl (C=O) groups is 1. The van der Waals surface area contributed by atoms with Crippen molar-refractivity contribution in [2.24, 2.45) is 5.92 Å². The van der Waals surface area contributed by atoms with Crippen molar-refractivity contribution in [3.63, 3.8) is 0 Å². The van der Waals surface area contributed by atoms with Gasteiger partial charge in [0.15, 0.2) is 5.82 Å². The molecule has 4 heterocycles. The van der Waals surface area contributed by atoms with Crippen LogP contribution in [-0.4, -0.2) is 63.5 Å². The van der Waals surface area contributed by atoms with Gasteiger partial charge in [-0.1, -0.05) is 6.58 Å². The van der Waals surface area contributed by atoms with Crippen molar-refractivity contribution in [1.82, 2.24) is 24.8 Å². The van der Waals surface area contributed by atoms with Crippen LogP contribution >= 0.6 is 0 Å². The van der Waals surface area contributed by atoms with Gasteiger partial charge in [0.05, 0.1) is 12.2 Å². The molecule has 0 bridgehead atoms. The Hall–Kier alpha value is -4.73. The second-order valence-electron chi connectivity index (χ2n) is 9.53. The molecule has 2 unspecified atom stereocenters. The fourth-order valence-corrected chi connectivity index (χ4v) is 5.05. The largest absolute Gasteiger partial charge is 0.457 e. The van der Waals surface area contributed by atoms with E-state index >= 15 is 0 Å². The molecule has 38 heavy (non-hydrogen) atoms. The van der Waals surface area contributed by atoms with Crippen LogP contribution in [0.4, 0.5) is 23.1 Å². The van der Waals surface area contributed by atoms with E-state index in [1.807, 2.05) is 61.3 Å². The highest BCUT2D eigenvalue weighted by Gasteiger charge is 2.47. The Bertz CT molecular complexity index is 1520. The van der Waals surface area contributed by atoms with Gasteiger partial charge in [-0.3, -0.25) is 4.79 Å². The maximum Gasteiger partial charge on any atom is 0.246 e. The van der Waals surface area contributed by atoms with Gasteiger partial charge in [-0.2, -0.15) is 0 Å². The summed E-state index contributed by atoms with van der Waals surface area (Å²) in [6.07, 6.45) is 4.60. The van der Waals surface area contributed by atoms with E-state index in [1.54, 1.807) is 6.20 Å². The van der Waals surface area contributed by atoms with Crippen molar-refractivity contribution in [1.29, 1.82) is 0 Å². The van der Waals surface area contributed by atoms with Gasteiger partial charge in [-0.25, -0.2) is 19.9 Å². The molecule has 1 amide bonds. The van der Waals surface area contributed by atoms with Crippen LogP contribution in [0.5, 0.6) is 11.5 Å². The molecule has 2 saturated heterocycles. The first-order valence-corrected chi connectivity index (χ1v) is 12.5. The van der Waals surface area contributed by atoms with E-state index in [1.165, 1.54) is 12.4 Å². The second-order valence-corrected chi connectivity index (χ2v) is 9.53. The van der Waals surface area contributed by atoms with Crippen LogP contribution in [0.15, 0.2) is 67.6 Å². The highest BCUT2D eigenvalue weighted by atomic mass is 16.5. The number of hydrogen-bond donors (Lipinski definition) is 2. The van der Waals surface area contributed by atoms with E-state index in [-0.39, 0.29) is 11.9 Å². The SMILES string of the molecule is C=CC(=O)N1CC2CN(c3ncc4ncnc(Nc5ccc(Oc6ccc(NC)cc6)c(C)c5)c4n3)CC21. The van der Waals surface area contributed by atoms with Gasteiger partial charge in [0.25, 0.3) is 0 Å². The van der Waals surface area contributed by atoms with Crippen LogP contribution in [0.3, 0.4) is 0 Å². The van der Waals surface area contributed by atoms with Crippen molar-refractivity contribution in [3.05, 3.63) is 73.2 Å². The van der Waals surface area contributed by atoms with E-state index < -0.39 is 0 Å². The van der Waals surface area contributed by atoms with Crippen LogP contribution in [0.25, 0.3) is 11.0 Å². The average molecular weight is 509 g/mol. The molecular weight excluding hydrogens is 480 g/mol. The summed E-state index contributed by atoms with van der Waals surface area (Å²) in [6.45, 7) is 7.87. The van der Waals surface area contributed by atoms with E-state index in [2.05, 4.69) is 37.1 Å². The summed E-state index contributed by atoms with van der Waals surface area (Å²) in [6, 6.07) is 13.9. The second kappa shape index (κ2) is 9.62. The topological polar surface area (TPSA) is 108 Å². The first-order valence-electron chi connectivity index (χ1n) is 12.5. The lowest BCUT2D eigenvalue weighted by molar-refractivity contribution is -0.135. The number of benzene rings is 2. The van der Waals surface area contributed by atoms with Crippen molar-refractivity contribution >= 4 is 40.1 Å². The summed E-state index contributed by atoms with van der Waals surface area (Å²) in [5, 5.41) is 6.49. The third kappa shape index (κ3) is 4.34. The molecule has 2 aliphatic rings. The minimum Gasteiger partial charge on any atom is -0.457 e. The number of aromatic nitrogens is 4. The lowest BCUT2D eigenvalue weighted by Crippen LogP contribution is -2.57. The third-order valence-electron chi connectivity index (χ3n) is 7.15. The Labute approximate surface area is 220 Å². The Kier molecular flexibility index (Phi) is 5.99. The third-order valence-corrected chi connectivity index (χ3v) is 7.15. The molecule has 2 atom stereocenters. The van der Waals surface area contributed by atoms with Crippen LogP contribution in [0.2, 0.25) is 0 Å². The molecule has 2 N–H and O–H groups in total. The molecule has 0 spiro atoms. The number of rotatable bonds is 7. The summed E-state index contributed by atoms with van der Waals surface area (Å²) in [4.78, 5) is 34.2. The van der Waals surface area contributed by atoms with Crippen molar-refractivity contribution in [2.75, 3.05) is 42.2 Å². The minimum absolute atomic E-state index is 0.0224. The van der Waals surface area contributed by atoms with Crippen LogP contribution in [-0.2, 0) is 4.79 Å². The number of nitrogens with zero attached hydrogens (tertiary/aromatic N) is 6. The van der Waals surface area contributed by atoms with E-state index in [0.717, 1.165) is 41.5 Å². The number of anilines is 4. The van der Waals surface area contributed by atoms with Crippen molar-refractivity contribution < 1.29 is 9.53 Å². The Morgan fingerprint density at radius 1 is 1.08 bits per heavy atom. The number of hydrogen-bond acceptors (Lipinski definition) is 9. The lowest BCUT2D eigenvalue weighted by Gasteiger charge is -2.42. The molecular formula is C28H28N8O2. The zero-order chi connectivity index (χ0) is 26.2. The zero-order valence-electron chi connectivity index (χ0n) is 21.3. The molecule has 10 heteroatoms. The number of ether oxygens (including phenoxy) is 1. The maximum absolute atomic E-state index is 12.1. The van der Waals surface area contributed by atoms with Crippen LogP contribution in [0, 0.1) is 12.8 Å². The monoisotopic (exact) mass is 508 g/mol. The number of nitrogens with one attached hydrogen (secondary N) is 2. The molecule has 10 nitrogen and oxygen atoms in total. The van der Waals surface area contributed by atoms with E-state index in [4.69, 9.17) is 9.72 Å². The Balaban J connectivity index is 1.21. The van der Waals surface area contributed by atoms with Gasteiger partial charge in [-0.05, 0) is 61.0 Å². The van der Waals surface area contributed by atoms with Gasteiger partial charge < -0.3 is 25.2 Å². The predicted octanol–water partition coefficient (Wildman–Crippen LogP) is 4.14. The number of likely N-dealkylation sites (tertiary alicyclic amines) is 1.